The molecule has 0 bridgehead atoms. The molecule has 4 nitrogen and oxygen atoms in total. The van der Waals surface area contributed by atoms with Crippen LogP contribution < -0.4 is 0 Å². The Morgan fingerprint density at radius 3 is 3.15 bits per heavy atom. The second-order valence-electron chi connectivity index (χ2n) is 7.24. The minimum absolute atomic E-state index is 0.171. The number of piperidine rings is 1. The van der Waals surface area contributed by atoms with Gasteiger partial charge in [-0.2, -0.15) is 0 Å². The van der Waals surface area contributed by atoms with Crippen LogP contribution in [0.5, 0.6) is 0 Å². The van der Waals surface area contributed by atoms with Crippen molar-refractivity contribution in [2.24, 2.45) is 10.9 Å². The van der Waals surface area contributed by atoms with Crippen LogP contribution in [-0.4, -0.2) is 47.1 Å². The summed E-state index contributed by atoms with van der Waals surface area (Å²) >= 11 is 1.63. The normalized spacial score (nSPS) is 22.3. The van der Waals surface area contributed by atoms with Gasteiger partial charge in [-0.15, -0.1) is 0 Å². The van der Waals surface area contributed by atoms with Crippen molar-refractivity contribution in [1.82, 2.24) is 9.80 Å². The first-order chi connectivity index (χ1) is 12.7. The molecule has 0 aliphatic carbocycles. The second-order valence-corrected chi connectivity index (χ2v) is 8.07. The lowest BCUT2D eigenvalue weighted by molar-refractivity contribution is -0.132. The molecule has 0 saturated carbocycles. The van der Waals surface area contributed by atoms with Crippen LogP contribution in [0.1, 0.15) is 31.2 Å². The Morgan fingerprint density at radius 2 is 2.27 bits per heavy atom. The summed E-state index contributed by atoms with van der Waals surface area (Å²) in [5.74, 6) is 0.558. The lowest BCUT2D eigenvalue weighted by atomic mass is 9.91. The number of aryl methyl sites for hydroxylation is 1. The van der Waals surface area contributed by atoms with E-state index in [9.17, 15) is 9.18 Å². The number of hydrogen-bond donors (Lipinski definition) is 0. The van der Waals surface area contributed by atoms with E-state index in [1.54, 1.807) is 23.9 Å². The Hall–Kier alpha value is -1.82. The highest BCUT2D eigenvalue weighted by molar-refractivity contribution is 8.16. The highest BCUT2D eigenvalue weighted by Crippen LogP contribution is 2.32. The van der Waals surface area contributed by atoms with Gasteiger partial charge in [0, 0.05) is 25.3 Å². The number of carbonyl (C=O) groups excluding carboxylic acids is 1. The fraction of sp³-hybridized carbons (Fsp3) is 0.500. The van der Waals surface area contributed by atoms with Crippen LogP contribution in [0.15, 0.2) is 40.4 Å². The number of nitrogens with zero attached hydrogens (tertiary/aromatic N) is 3. The average molecular weight is 373 g/mol. The van der Waals surface area contributed by atoms with Gasteiger partial charge in [0.05, 0.1) is 13.0 Å². The first-order valence-electron chi connectivity index (χ1n) is 9.39. The summed E-state index contributed by atoms with van der Waals surface area (Å²) in [4.78, 5) is 21.4. The molecule has 1 amide bonds. The molecule has 3 aliphatic rings. The standard InChI is InChI=1S/C20H24FN3OS/c21-17-5-1-3-15(11-17)6-7-16-4-2-9-23(13-16)19(25)12-18-14-26-20-22-8-10-24(18)20/h1,3,5,11,14,16H,2,4,6-10,12-13H2/t16-/m0/s1. The summed E-state index contributed by atoms with van der Waals surface area (Å²) in [5.41, 5.74) is 2.14. The van der Waals surface area contributed by atoms with E-state index in [-0.39, 0.29) is 11.7 Å². The molecule has 0 spiro atoms. The van der Waals surface area contributed by atoms with Gasteiger partial charge in [0.15, 0.2) is 5.17 Å². The zero-order valence-corrected chi connectivity index (χ0v) is 15.7. The zero-order valence-electron chi connectivity index (χ0n) is 14.9. The van der Waals surface area contributed by atoms with Crippen LogP contribution in [0.3, 0.4) is 0 Å². The van der Waals surface area contributed by atoms with E-state index in [4.69, 9.17) is 0 Å². The van der Waals surface area contributed by atoms with Crippen molar-refractivity contribution in [3.05, 3.63) is 46.8 Å². The van der Waals surface area contributed by atoms with E-state index in [1.165, 1.54) is 6.07 Å². The number of thioether (sulfide) groups is 1. The van der Waals surface area contributed by atoms with Crippen molar-refractivity contribution in [3.8, 4) is 0 Å². The Morgan fingerprint density at radius 1 is 1.35 bits per heavy atom. The van der Waals surface area contributed by atoms with Gasteiger partial charge in [-0.3, -0.25) is 9.79 Å². The van der Waals surface area contributed by atoms with Gasteiger partial charge in [0.1, 0.15) is 5.82 Å². The maximum absolute atomic E-state index is 13.3. The Balaban J connectivity index is 1.29. The Kier molecular flexibility index (Phi) is 5.29. The lowest BCUT2D eigenvalue weighted by Gasteiger charge is -2.33. The van der Waals surface area contributed by atoms with Crippen molar-refractivity contribution in [1.29, 1.82) is 0 Å². The molecule has 1 aromatic rings. The van der Waals surface area contributed by atoms with Crippen molar-refractivity contribution in [2.75, 3.05) is 26.2 Å². The summed E-state index contributed by atoms with van der Waals surface area (Å²) < 4.78 is 13.3. The van der Waals surface area contributed by atoms with Gasteiger partial charge in [-0.05, 0) is 54.7 Å². The predicted molar refractivity (Wildman–Crippen MR) is 103 cm³/mol. The highest BCUT2D eigenvalue weighted by Gasteiger charge is 2.30. The van der Waals surface area contributed by atoms with Crippen molar-refractivity contribution in [2.45, 2.75) is 32.1 Å². The van der Waals surface area contributed by atoms with E-state index in [0.717, 1.165) is 68.3 Å². The highest BCUT2D eigenvalue weighted by atomic mass is 32.2. The third kappa shape index (κ3) is 3.95. The van der Waals surface area contributed by atoms with E-state index in [1.807, 2.05) is 11.0 Å². The zero-order chi connectivity index (χ0) is 17.9. The fourth-order valence-electron chi connectivity index (χ4n) is 3.97. The predicted octanol–water partition coefficient (Wildman–Crippen LogP) is 3.65. The van der Waals surface area contributed by atoms with Gasteiger partial charge in [0.25, 0.3) is 0 Å². The summed E-state index contributed by atoms with van der Waals surface area (Å²) in [6, 6.07) is 6.85. The molecule has 1 aromatic carbocycles. The van der Waals surface area contributed by atoms with Gasteiger partial charge in [0.2, 0.25) is 5.91 Å². The molecule has 0 N–H and O–H groups in total. The molecule has 3 aliphatic heterocycles. The summed E-state index contributed by atoms with van der Waals surface area (Å²) in [6.07, 6.45) is 4.57. The molecule has 0 radical (unpaired) electrons. The van der Waals surface area contributed by atoms with Crippen LogP contribution in [-0.2, 0) is 11.2 Å². The molecular weight excluding hydrogens is 349 g/mol. The molecule has 4 rings (SSSR count). The number of likely N-dealkylation sites (tertiary alicyclic amines) is 1. The SMILES string of the molecule is O=C(CC1=CSC2=NCCN12)N1CCC[C@@H](CCc2cccc(F)c2)C1. The van der Waals surface area contributed by atoms with E-state index < -0.39 is 0 Å². The Labute approximate surface area is 158 Å². The van der Waals surface area contributed by atoms with E-state index in [2.05, 4.69) is 15.3 Å². The van der Waals surface area contributed by atoms with E-state index >= 15 is 0 Å². The van der Waals surface area contributed by atoms with Gasteiger partial charge in [-0.25, -0.2) is 4.39 Å². The van der Waals surface area contributed by atoms with Crippen LogP contribution in [0, 0.1) is 11.7 Å². The number of amidine groups is 1. The minimum Gasteiger partial charge on any atom is -0.342 e. The molecule has 26 heavy (non-hydrogen) atoms. The largest absolute Gasteiger partial charge is 0.342 e. The van der Waals surface area contributed by atoms with Crippen molar-refractivity contribution >= 4 is 22.8 Å². The summed E-state index contributed by atoms with van der Waals surface area (Å²) in [5, 5.41) is 3.11. The number of halogens is 1. The molecular formula is C20H24FN3OS. The minimum atomic E-state index is -0.171. The first-order valence-corrected chi connectivity index (χ1v) is 10.3. The van der Waals surface area contributed by atoms with Gasteiger partial charge in [-0.1, -0.05) is 23.9 Å². The fourth-order valence-corrected chi connectivity index (χ4v) is 4.93. The number of carbonyl (C=O) groups is 1. The van der Waals surface area contributed by atoms with Crippen LogP contribution in [0.25, 0.3) is 0 Å². The van der Waals surface area contributed by atoms with Gasteiger partial charge < -0.3 is 9.80 Å². The molecule has 138 valence electrons. The van der Waals surface area contributed by atoms with Crippen molar-refractivity contribution < 1.29 is 9.18 Å². The first kappa shape index (κ1) is 17.6. The molecule has 6 heteroatoms. The molecule has 1 saturated heterocycles. The molecule has 0 unspecified atom stereocenters. The number of rotatable bonds is 5. The molecule has 0 aromatic heterocycles. The molecule has 3 heterocycles. The van der Waals surface area contributed by atoms with Crippen LogP contribution in [0.4, 0.5) is 4.39 Å². The topological polar surface area (TPSA) is 35.9 Å². The third-order valence-corrected chi connectivity index (χ3v) is 6.33. The summed E-state index contributed by atoms with van der Waals surface area (Å²) in [7, 11) is 0. The number of aliphatic imine (C=N–C) groups is 1. The van der Waals surface area contributed by atoms with Crippen LogP contribution in [0.2, 0.25) is 0 Å². The quantitative estimate of drug-likeness (QED) is 0.790. The maximum atomic E-state index is 13.3. The lowest BCUT2D eigenvalue weighted by Crippen LogP contribution is -2.40. The third-order valence-electron chi connectivity index (χ3n) is 5.38. The van der Waals surface area contributed by atoms with Gasteiger partial charge >= 0.3 is 0 Å². The smallest absolute Gasteiger partial charge is 0.228 e. The Bertz CT molecular complexity index is 748. The monoisotopic (exact) mass is 373 g/mol. The second kappa shape index (κ2) is 7.82. The number of amides is 1. The number of fused-ring (bicyclic) bond motifs is 1. The molecule has 1 atom stereocenters. The molecule has 1 fully saturated rings. The average Bonchev–Trinajstić information content (AvgIpc) is 3.25. The summed E-state index contributed by atoms with van der Waals surface area (Å²) in [6.45, 7) is 3.42. The van der Waals surface area contributed by atoms with E-state index in [0.29, 0.717) is 12.3 Å². The number of hydrogen-bond acceptors (Lipinski definition) is 4. The van der Waals surface area contributed by atoms with Crippen molar-refractivity contribution in [3.63, 3.8) is 0 Å². The number of benzene rings is 1. The van der Waals surface area contributed by atoms with Crippen LogP contribution >= 0.6 is 11.8 Å². The maximum Gasteiger partial charge on any atom is 0.228 e.